The van der Waals surface area contributed by atoms with Gasteiger partial charge in [0.15, 0.2) is 0 Å². The maximum absolute atomic E-state index is 12.0. The van der Waals surface area contributed by atoms with Gasteiger partial charge in [-0.2, -0.15) is 10.3 Å². The molecule has 0 bridgehead atoms. The second kappa shape index (κ2) is 4.74. The summed E-state index contributed by atoms with van der Waals surface area (Å²) in [6, 6.07) is 6.68. The molecule has 0 fully saturated rings. The molecule has 20 heavy (non-hydrogen) atoms. The van der Waals surface area contributed by atoms with E-state index in [9.17, 15) is 8.42 Å². The maximum Gasteiger partial charge on any atom is 0.265 e. The fourth-order valence-corrected chi connectivity index (χ4v) is 2.56. The summed E-state index contributed by atoms with van der Waals surface area (Å²) in [6.45, 7) is 0. The van der Waals surface area contributed by atoms with Gasteiger partial charge in [0.1, 0.15) is 4.90 Å². The zero-order valence-electron chi connectivity index (χ0n) is 9.98. The van der Waals surface area contributed by atoms with E-state index in [0.717, 1.165) is 0 Å². The number of anilines is 1. The van der Waals surface area contributed by atoms with Gasteiger partial charge in [0.2, 0.25) is 5.82 Å². The van der Waals surface area contributed by atoms with Gasteiger partial charge in [-0.15, -0.1) is 10.2 Å². The molecule has 0 saturated carbocycles. The number of hydrogen-bond donors (Lipinski definition) is 3. The van der Waals surface area contributed by atoms with Gasteiger partial charge in [-0.1, -0.05) is 12.1 Å². The highest BCUT2D eigenvalue weighted by atomic mass is 32.2. The molecule has 3 aromatic rings. The summed E-state index contributed by atoms with van der Waals surface area (Å²) in [4.78, 5) is 0.0578. The Morgan fingerprint density at radius 1 is 1.25 bits per heavy atom. The molecule has 0 radical (unpaired) electrons. The fraction of sp³-hybridized carbons (Fsp3) is 0. The summed E-state index contributed by atoms with van der Waals surface area (Å²) in [5.74, 6) is 0.384. The first-order valence-electron chi connectivity index (χ1n) is 5.51. The molecule has 0 unspecified atom stereocenters. The summed E-state index contributed by atoms with van der Waals surface area (Å²) in [7, 11) is -3.66. The first-order valence-corrected chi connectivity index (χ1v) is 6.99. The number of aromatic nitrogens is 6. The van der Waals surface area contributed by atoms with E-state index in [-0.39, 0.29) is 4.90 Å². The number of H-pyrrole nitrogens is 2. The van der Waals surface area contributed by atoms with Gasteiger partial charge in [0.05, 0.1) is 6.20 Å². The van der Waals surface area contributed by atoms with E-state index in [0.29, 0.717) is 17.1 Å². The molecule has 0 aliphatic rings. The normalized spacial score (nSPS) is 11.4. The van der Waals surface area contributed by atoms with Crippen molar-refractivity contribution in [2.24, 2.45) is 0 Å². The maximum atomic E-state index is 12.0. The average Bonchev–Trinajstić information content (AvgIpc) is 3.12. The molecular formula is C10H9N7O2S. The highest BCUT2D eigenvalue weighted by Gasteiger charge is 2.15. The van der Waals surface area contributed by atoms with Crippen molar-refractivity contribution in [3.63, 3.8) is 0 Å². The zero-order chi connectivity index (χ0) is 14.0. The van der Waals surface area contributed by atoms with Crippen LogP contribution in [0.4, 0.5) is 5.69 Å². The van der Waals surface area contributed by atoms with Crippen LogP contribution in [0.25, 0.3) is 11.4 Å². The molecule has 3 N–H and O–H groups in total. The van der Waals surface area contributed by atoms with E-state index in [1.54, 1.807) is 24.3 Å². The van der Waals surface area contributed by atoms with Crippen molar-refractivity contribution >= 4 is 15.7 Å². The van der Waals surface area contributed by atoms with Crippen LogP contribution in [-0.4, -0.2) is 39.2 Å². The largest absolute Gasteiger partial charge is 0.284 e. The number of hydrogen-bond acceptors (Lipinski definition) is 6. The quantitative estimate of drug-likeness (QED) is 0.637. The third-order valence-electron chi connectivity index (χ3n) is 2.50. The molecule has 0 aliphatic heterocycles. The highest BCUT2D eigenvalue weighted by molar-refractivity contribution is 7.92. The van der Waals surface area contributed by atoms with Crippen LogP contribution in [0.2, 0.25) is 0 Å². The first kappa shape index (κ1) is 12.3. The highest BCUT2D eigenvalue weighted by Crippen LogP contribution is 2.20. The number of rotatable bonds is 4. The molecule has 9 nitrogen and oxygen atoms in total. The molecule has 2 aromatic heterocycles. The summed E-state index contributed by atoms with van der Waals surface area (Å²) >= 11 is 0. The first-order chi connectivity index (χ1) is 9.65. The zero-order valence-corrected chi connectivity index (χ0v) is 10.8. The van der Waals surface area contributed by atoms with E-state index < -0.39 is 10.0 Å². The summed E-state index contributed by atoms with van der Waals surface area (Å²) in [5.41, 5.74) is 1.04. The Hall–Kier alpha value is -2.75. The Kier molecular flexibility index (Phi) is 2.91. The van der Waals surface area contributed by atoms with Crippen LogP contribution >= 0.6 is 0 Å². The number of sulfonamides is 1. The fourth-order valence-electron chi connectivity index (χ4n) is 1.61. The van der Waals surface area contributed by atoms with Crippen LogP contribution in [-0.2, 0) is 10.0 Å². The minimum Gasteiger partial charge on any atom is -0.284 e. The molecular weight excluding hydrogens is 282 g/mol. The number of benzene rings is 1. The van der Waals surface area contributed by atoms with Crippen molar-refractivity contribution < 1.29 is 8.42 Å². The monoisotopic (exact) mass is 291 g/mol. The topological polar surface area (TPSA) is 129 Å². The van der Waals surface area contributed by atoms with Crippen molar-refractivity contribution in [1.29, 1.82) is 0 Å². The lowest BCUT2D eigenvalue weighted by molar-refractivity contribution is 0.601. The molecule has 2 heterocycles. The predicted molar refractivity (Wildman–Crippen MR) is 69.0 cm³/mol. The van der Waals surface area contributed by atoms with Gasteiger partial charge >= 0.3 is 0 Å². The van der Waals surface area contributed by atoms with Crippen LogP contribution in [0.5, 0.6) is 0 Å². The van der Waals surface area contributed by atoms with Crippen molar-refractivity contribution in [2.45, 2.75) is 4.90 Å². The van der Waals surface area contributed by atoms with Crippen LogP contribution in [0.15, 0.2) is 41.6 Å². The molecule has 10 heteroatoms. The number of nitrogens with zero attached hydrogens (tertiary/aromatic N) is 4. The minimum absolute atomic E-state index is 0.0578. The lowest BCUT2D eigenvalue weighted by Crippen LogP contribution is -2.12. The Labute approximate surface area is 113 Å². The minimum atomic E-state index is -3.66. The summed E-state index contributed by atoms with van der Waals surface area (Å²) in [5, 5.41) is 19.5. The van der Waals surface area contributed by atoms with Gasteiger partial charge in [-0.25, -0.2) is 8.42 Å². The number of nitrogens with one attached hydrogen (secondary N) is 3. The van der Waals surface area contributed by atoms with E-state index >= 15 is 0 Å². The molecule has 0 amide bonds. The van der Waals surface area contributed by atoms with Gasteiger partial charge < -0.3 is 0 Å². The van der Waals surface area contributed by atoms with E-state index in [1.165, 1.54) is 12.4 Å². The SMILES string of the molecule is O=S(=O)(Nc1cccc(-c2nn[nH]n2)c1)c1cn[nH]c1. The van der Waals surface area contributed by atoms with Crippen molar-refractivity contribution in [3.05, 3.63) is 36.7 Å². The van der Waals surface area contributed by atoms with Gasteiger partial charge in [0.25, 0.3) is 10.0 Å². The second-order valence-corrected chi connectivity index (χ2v) is 5.54. The Balaban J connectivity index is 1.91. The van der Waals surface area contributed by atoms with Crippen LogP contribution in [0, 0.1) is 0 Å². The van der Waals surface area contributed by atoms with E-state index in [1.807, 2.05) is 0 Å². The lowest BCUT2D eigenvalue weighted by atomic mass is 10.2. The van der Waals surface area contributed by atoms with Gasteiger partial charge in [-0.3, -0.25) is 9.82 Å². The van der Waals surface area contributed by atoms with Crippen molar-refractivity contribution in [1.82, 2.24) is 30.8 Å². The summed E-state index contributed by atoms with van der Waals surface area (Å²) < 4.78 is 26.5. The molecule has 0 atom stereocenters. The average molecular weight is 291 g/mol. The third kappa shape index (κ3) is 2.36. The van der Waals surface area contributed by atoms with Crippen LogP contribution in [0.3, 0.4) is 0 Å². The Morgan fingerprint density at radius 2 is 2.15 bits per heavy atom. The molecule has 102 valence electrons. The van der Waals surface area contributed by atoms with Crippen LogP contribution in [0.1, 0.15) is 0 Å². The predicted octanol–water partition coefficient (Wildman–Crippen LogP) is 0.391. The molecule has 0 aliphatic carbocycles. The van der Waals surface area contributed by atoms with E-state index in [2.05, 4.69) is 35.5 Å². The smallest absolute Gasteiger partial charge is 0.265 e. The molecule has 0 saturated heterocycles. The molecule has 3 rings (SSSR count). The third-order valence-corrected chi connectivity index (χ3v) is 3.85. The van der Waals surface area contributed by atoms with Gasteiger partial charge in [0, 0.05) is 17.4 Å². The Bertz CT molecular complexity index is 796. The Morgan fingerprint density at radius 3 is 2.85 bits per heavy atom. The van der Waals surface area contributed by atoms with Gasteiger partial charge in [-0.05, 0) is 17.3 Å². The summed E-state index contributed by atoms with van der Waals surface area (Å²) in [6.07, 6.45) is 2.52. The standard InChI is InChI=1S/C10H9N7O2S/c18-20(19,9-5-11-12-6-9)15-8-3-1-2-7(4-8)10-13-16-17-14-10/h1-6,15H,(H,11,12)(H,13,14,16,17). The lowest BCUT2D eigenvalue weighted by Gasteiger charge is -2.06. The van der Waals surface area contributed by atoms with Crippen molar-refractivity contribution in [2.75, 3.05) is 4.72 Å². The number of aromatic amines is 2. The second-order valence-electron chi connectivity index (χ2n) is 3.86. The van der Waals surface area contributed by atoms with Crippen LogP contribution < -0.4 is 4.72 Å². The molecule has 1 aromatic carbocycles. The number of tetrazole rings is 1. The van der Waals surface area contributed by atoms with Crippen molar-refractivity contribution in [3.8, 4) is 11.4 Å². The molecule has 0 spiro atoms. The van der Waals surface area contributed by atoms with E-state index in [4.69, 9.17) is 0 Å².